The Morgan fingerprint density at radius 2 is 1.46 bits per heavy atom. The third-order valence-corrected chi connectivity index (χ3v) is 4.25. The molecule has 0 saturated carbocycles. The van der Waals surface area contributed by atoms with E-state index in [9.17, 15) is 19.2 Å². The minimum atomic E-state index is -2.08. The highest BCUT2D eigenvalue weighted by Crippen LogP contribution is 2.38. The van der Waals surface area contributed by atoms with Gasteiger partial charge >= 0.3 is 11.9 Å². The van der Waals surface area contributed by atoms with Gasteiger partial charge in [-0.2, -0.15) is 0 Å². The van der Waals surface area contributed by atoms with Gasteiger partial charge in [0.05, 0.1) is 20.8 Å². The third kappa shape index (κ3) is 2.09. The normalized spacial score (nSPS) is 18.6. The van der Waals surface area contributed by atoms with E-state index in [0.717, 1.165) is 14.2 Å². The van der Waals surface area contributed by atoms with Crippen molar-refractivity contribution in [3.05, 3.63) is 46.5 Å². The van der Waals surface area contributed by atoms with Gasteiger partial charge in [-0.25, -0.2) is 9.59 Å². The van der Waals surface area contributed by atoms with Gasteiger partial charge in [-0.15, -0.1) is 0 Å². The van der Waals surface area contributed by atoms with Crippen LogP contribution in [0.15, 0.2) is 35.4 Å². The van der Waals surface area contributed by atoms with Crippen molar-refractivity contribution in [3.8, 4) is 0 Å². The lowest BCUT2D eigenvalue weighted by atomic mass is 9.77. The minimum absolute atomic E-state index is 0.0840. The molecular weight excluding hydrogens is 316 g/mol. The van der Waals surface area contributed by atoms with Crippen molar-refractivity contribution >= 4 is 23.5 Å². The second-order valence-electron chi connectivity index (χ2n) is 5.44. The Balaban J connectivity index is 2.11. The highest BCUT2D eigenvalue weighted by molar-refractivity contribution is 6.27. The molecule has 0 unspecified atom stereocenters. The molecule has 0 amide bonds. The van der Waals surface area contributed by atoms with Crippen molar-refractivity contribution in [2.45, 2.75) is 12.0 Å². The Hall–Kier alpha value is -2.80. The molecule has 7 heteroatoms. The van der Waals surface area contributed by atoms with E-state index in [4.69, 9.17) is 4.74 Å². The van der Waals surface area contributed by atoms with Crippen molar-refractivity contribution in [2.24, 2.45) is 0 Å². The summed E-state index contributed by atoms with van der Waals surface area (Å²) in [5, 5.41) is 0. The van der Waals surface area contributed by atoms with Gasteiger partial charge in [-0.05, 0) is 0 Å². The van der Waals surface area contributed by atoms with Crippen LogP contribution in [0.3, 0.4) is 0 Å². The monoisotopic (exact) mass is 330 g/mol. The van der Waals surface area contributed by atoms with Crippen LogP contribution in [0.25, 0.3) is 0 Å². The molecule has 1 aromatic rings. The van der Waals surface area contributed by atoms with Gasteiger partial charge < -0.3 is 14.2 Å². The van der Waals surface area contributed by atoms with E-state index in [0.29, 0.717) is 0 Å². The molecular formula is C17H14O7. The minimum Gasteiger partial charge on any atom is -0.466 e. The zero-order chi connectivity index (χ0) is 17.5. The summed E-state index contributed by atoms with van der Waals surface area (Å²) in [6.45, 7) is -0.349. The summed E-state index contributed by atoms with van der Waals surface area (Å²) in [7, 11) is 2.20. The van der Waals surface area contributed by atoms with Crippen molar-refractivity contribution in [1.29, 1.82) is 0 Å². The highest BCUT2D eigenvalue weighted by Gasteiger charge is 2.55. The van der Waals surface area contributed by atoms with Gasteiger partial charge in [0.15, 0.2) is 11.6 Å². The Bertz CT molecular complexity index is 787. The fraction of sp³-hybridized carbons (Fsp3) is 0.294. The van der Waals surface area contributed by atoms with E-state index in [1.54, 1.807) is 18.2 Å². The number of benzene rings is 1. The van der Waals surface area contributed by atoms with Crippen molar-refractivity contribution in [3.63, 3.8) is 0 Å². The van der Waals surface area contributed by atoms with Gasteiger partial charge in [0.1, 0.15) is 0 Å². The summed E-state index contributed by atoms with van der Waals surface area (Å²) >= 11 is 0. The quantitative estimate of drug-likeness (QED) is 0.586. The molecule has 3 rings (SSSR count). The number of carbonyl (C=O) groups excluding carboxylic acids is 4. The molecule has 0 radical (unpaired) electrons. The molecule has 1 aliphatic heterocycles. The van der Waals surface area contributed by atoms with Crippen LogP contribution >= 0.6 is 0 Å². The highest BCUT2D eigenvalue weighted by atomic mass is 16.6. The second-order valence-corrected chi connectivity index (χ2v) is 5.44. The van der Waals surface area contributed by atoms with Crippen LogP contribution < -0.4 is 0 Å². The number of hydrogen-bond donors (Lipinski definition) is 0. The molecule has 1 aromatic carbocycles. The topological polar surface area (TPSA) is 96.0 Å². The molecule has 24 heavy (non-hydrogen) atoms. The van der Waals surface area contributed by atoms with Crippen LogP contribution in [0.5, 0.6) is 0 Å². The second kappa shape index (κ2) is 5.68. The maximum Gasteiger partial charge on any atom is 0.350 e. The standard InChI is InChI=1S/C17H14O7/c1-22-15(20)17(16(21)23-2)7-11-12(8-24-17)14(19)10-6-4-3-5-9(10)13(11)18/h3-6H,7-8H2,1-2H3. The van der Waals surface area contributed by atoms with Crippen LogP contribution in [0.4, 0.5) is 0 Å². The lowest BCUT2D eigenvalue weighted by Gasteiger charge is -2.35. The fourth-order valence-corrected chi connectivity index (χ4v) is 2.99. The molecule has 0 N–H and O–H groups in total. The molecule has 0 spiro atoms. The van der Waals surface area contributed by atoms with E-state index >= 15 is 0 Å². The average Bonchev–Trinajstić information content (AvgIpc) is 2.64. The summed E-state index contributed by atoms with van der Waals surface area (Å²) in [6, 6.07) is 6.39. The lowest BCUT2D eigenvalue weighted by molar-refractivity contribution is -0.187. The van der Waals surface area contributed by atoms with Gasteiger partial charge in [0.25, 0.3) is 5.60 Å². The number of esters is 2. The molecule has 0 fully saturated rings. The zero-order valence-corrected chi connectivity index (χ0v) is 13.1. The number of methoxy groups -OCH3 is 2. The summed E-state index contributed by atoms with van der Waals surface area (Å²) in [6.07, 6.45) is -0.402. The van der Waals surface area contributed by atoms with Crippen molar-refractivity contribution in [1.82, 2.24) is 0 Å². The molecule has 0 saturated heterocycles. The molecule has 2 aliphatic rings. The average molecular weight is 330 g/mol. The Morgan fingerprint density at radius 1 is 0.958 bits per heavy atom. The molecule has 0 atom stereocenters. The molecule has 7 nitrogen and oxygen atoms in total. The summed E-state index contributed by atoms with van der Waals surface area (Å²) in [4.78, 5) is 49.6. The van der Waals surface area contributed by atoms with E-state index in [1.165, 1.54) is 6.07 Å². The van der Waals surface area contributed by atoms with Crippen LogP contribution in [0.2, 0.25) is 0 Å². The number of hydrogen-bond acceptors (Lipinski definition) is 7. The number of ether oxygens (including phenoxy) is 3. The number of fused-ring (bicyclic) bond motifs is 1. The Morgan fingerprint density at radius 3 is 1.96 bits per heavy atom. The maximum atomic E-state index is 12.7. The zero-order valence-electron chi connectivity index (χ0n) is 13.1. The van der Waals surface area contributed by atoms with Gasteiger partial charge in [0.2, 0.25) is 0 Å². The van der Waals surface area contributed by atoms with Gasteiger partial charge in [0, 0.05) is 28.7 Å². The molecule has 124 valence electrons. The van der Waals surface area contributed by atoms with Crippen molar-refractivity contribution < 1.29 is 33.4 Å². The summed E-state index contributed by atoms with van der Waals surface area (Å²) in [5.41, 5.74) is -1.31. The van der Waals surface area contributed by atoms with Crippen LogP contribution in [0.1, 0.15) is 27.1 Å². The SMILES string of the molecule is COC(=O)C1(C(=O)OC)CC2=C(CO1)C(=O)c1ccccc1C2=O. The van der Waals surface area contributed by atoms with E-state index < -0.39 is 29.7 Å². The molecule has 0 bridgehead atoms. The smallest absolute Gasteiger partial charge is 0.350 e. The Labute approximate surface area is 137 Å². The molecule has 0 aromatic heterocycles. The fourth-order valence-electron chi connectivity index (χ4n) is 2.99. The summed E-state index contributed by atoms with van der Waals surface area (Å²) < 4.78 is 14.7. The van der Waals surface area contributed by atoms with E-state index in [1.807, 2.05) is 0 Å². The van der Waals surface area contributed by atoms with Crippen LogP contribution in [0, 0.1) is 0 Å². The third-order valence-electron chi connectivity index (χ3n) is 4.25. The number of Topliss-reactive ketones (excluding diaryl/α,β-unsaturated/α-hetero) is 2. The largest absolute Gasteiger partial charge is 0.466 e. The number of ketones is 2. The number of carbonyl (C=O) groups is 4. The predicted molar refractivity (Wildman–Crippen MR) is 79.5 cm³/mol. The Kier molecular flexibility index (Phi) is 3.81. The first-order chi connectivity index (χ1) is 11.5. The molecule has 1 aliphatic carbocycles. The first kappa shape index (κ1) is 16.1. The van der Waals surface area contributed by atoms with E-state index in [2.05, 4.69) is 9.47 Å². The molecule has 1 heterocycles. The van der Waals surface area contributed by atoms with Crippen molar-refractivity contribution in [2.75, 3.05) is 20.8 Å². The lowest BCUT2D eigenvalue weighted by Crippen LogP contribution is -2.54. The predicted octanol–water partition coefficient (Wildman–Crippen LogP) is 0.867. The maximum absolute atomic E-state index is 12.7. The van der Waals surface area contributed by atoms with Gasteiger partial charge in [-0.1, -0.05) is 24.3 Å². The first-order valence-electron chi connectivity index (χ1n) is 7.17. The number of rotatable bonds is 2. The van der Waals surface area contributed by atoms with Crippen LogP contribution in [-0.4, -0.2) is 49.9 Å². The van der Waals surface area contributed by atoms with Crippen LogP contribution in [-0.2, 0) is 23.8 Å². The van der Waals surface area contributed by atoms with Gasteiger partial charge in [-0.3, -0.25) is 9.59 Å². The first-order valence-corrected chi connectivity index (χ1v) is 7.17. The van der Waals surface area contributed by atoms with E-state index in [-0.39, 0.29) is 34.7 Å². The summed E-state index contributed by atoms with van der Waals surface area (Å²) in [5.74, 6) is -2.69.